The van der Waals surface area contributed by atoms with Crippen LogP contribution in [0.2, 0.25) is 0 Å². The first-order chi connectivity index (χ1) is 15.2. The summed E-state index contributed by atoms with van der Waals surface area (Å²) in [6, 6.07) is 7.67. The van der Waals surface area contributed by atoms with Crippen molar-refractivity contribution in [1.82, 2.24) is 30.4 Å². The summed E-state index contributed by atoms with van der Waals surface area (Å²) < 4.78 is 7.34. The summed E-state index contributed by atoms with van der Waals surface area (Å²) in [5.74, 6) is 0.421. The molecule has 4 heterocycles. The van der Waals surface area contributed by atoms with Gasteiger partial charge in [0.05, 0.1) is 18.1 Å². The zero-order valence-corrected chi connectivity index (χ0v) is 17.3. The number of aromatic nitrogens is 4. The van der Waals surface area contributed by atoms with Crippen molar-refractivity contribution in [2.24, 2.45) is 13.0 Å². The molecule has 2 N–H and O–H groups in total. The zero-order valence-electron chi connectivity index (χ0n) is 17.3. The minimum atomic E-state index is -0.538. The molecule has 1 atom stereocenters. The molecular weight excluding hydrogens is 392 g/mol. The molecule has 0 aliphatic carbocycles. The van der Waals surface area contributed by atoms with Crippen molar-refractivity contribution < 1.29 is 9.21 Å². The fraction of sp³-hybridized carbons (Fsp3) is 0.304. The van der Waals surface area contributed by atoms with E-state index in [1.165, 1.54) is 6.26 Å². The second-order valence-corrected chi connectivity index (χ2v) is 7.91. The number of piperidine rings is 1. The van der Waals surface area contributed by atoms with Crippen molar-refractivity contribution in [3.05, 3.63) is 66.9 Å². The van der Waals surface area contributed by atoms with Crippen LogP contribution < -0.4 is 10.6 Å². The van der Waals surface area contributed by atoms with Gasteiger partial charge in [-0.05, 0) is 49.0 Å². The predicted molar refractivity (Wildman–Crippen MR) is 116 cm³/mol. The summed E-state index contributed by atoms with van der Waals surface area (Å²) in [6.45, 7) is 1.71. The predicted octanol–water partition coefficient (Wildman–Crippen LogP) is 2.83. The van der Waals surface area contributed by atoms with Gasteiger partial charge in [0.25, 0.3) is 0 Å². The Labute approximate surface area is 179 Å². The van der Waals surface area contributed by atoms with Gasteiger partial charge in [-0.1, -0.05) is 12.1 Å². The van der Waals surface area contributed by atoms with Crippen LogP contribution in [-0.2, 0) is 11.8 Å². The highest BCUT2D eigenvalue weighted by atomic mass is 16.3. The molecule has 0 saturated carbocycles. The lowest BCUT2D eigenvalue weighted by atomic mass is 9.96. The monoisotopic (exact) mass is 416 g/mol. The fourth-order valence-electron chi connectivity index (χ4n) is 4.05. The van der Waals surface area contributed by atoms with E-state index < -0.39 is 6.04 Å². The number of hydrogen-bond acceptors (Lipinski definition) is 6. The molecule has 3 aromatic heterocycles. The zero-order chi connectivity index (χ0) is 21.2. The van der Waals surface area contributed by atoms with Gasteiger partial charge in [-0.3, -0.25) is 14.5 Å². The molecule has 1 unspecified atom stereocenters. The Morgan fingerprint density at radius 1 is 1.16 bits per heavy atom. The maximum absolute atomic E-state index is 12.9. The van der Waals surface area contributed by atoms with Crippen LogP contribution in [0.25, 0.3) is 21.9 Å². The van der Waals surface area contributed by atoms with Gasteiger partial charge in [0, 0.05) is 36.3 Å². The minimum absolute atomic E-state index is 0.00991. The van der Waals surface area contributed by atoms with Crippen molar-refractivity contribution in [2.75, 3.05) is 13.1 Å². The smallest absolute Gasteiger partial charge is 0.224 e. The standard InChI is InChI=1S/C23H24N6O2/c1-29-14-19(13-27-29)16-2-3-17-12-26-20(11-18(17)10-16)21(23-25-8-9-31-23)28-22(30)15-4-6-24-7-5-15/h2-3,8-15,21,24H,4-7H2,1H3,(H,28,30). The molecule has 0 bridgehead atoms. The maximum atomic E-state index is 12.9. The normalized spacial score (nSPS) is 15.8. The lowest BCUT2D eigenvalue weighted by Crippen LogP contribution is -2.40. The molecule has 0 spiro atoms. The van der Waals surface area contributed by atoms with Gasteiger partial charge < -0.3 is 15.1 Å². The number of carbonyl (C=O) groups excluding carboxylic acids is 1. The van der Waals surface area contributed by atoms with Crippen LogP contribution in [-0.4, -0.2) is 38.7 Å². The minimum Gasteiger partial charge on any atom is -0.446 e. The SMILES string of the molecule is Cn1cc(-c2ccc3cnc(C(NC(=O)C4CCNCC4)c4ncco4)cc3c2)cn1. The molecule has 31 heavy (non-hydrogen) atoms. The Kier molecular flexibility index (Phi) is 5.21. The van der Waals surface area contributed by atoms with E-state index in [0.717, 1.165) is 47.8 Å². The van der Waals surface area contributed by atoms with Crippen LogP contribution in [0.15, 0.2) is 59.7 Å². The second-order valence-electron chi connectivity index (χ2n) is 7.91. The van der Waals surface area contributed by atoms with Crippen LogP contribution >= 0.6 is 0 Å². The molecular formula is C23H24N6O2. The third-order valence-corrected chi connectivity index (χ3v) is 5.77. The highest BCUT2D eigenvalue weighted by molar-refractivity contribution is 5.87. The van der Waals surface area contributed by atoms with Gasteiger partial charge in [0.15, 0.2) is 0 Å². The van der Waals surface area contributed by atoms with E-state index in [4.69, 9.17) is 4.42 Å². The summed E-state index contributed by atoms with van der Waals surface area (Å²) >= 11 is 0. The molecule has 0 radical (unpaired) electrons. The van der Waals surface area contributed by atoms with Crippen molar-refractivity contribution in [3.63, 3.8) is 0 Å². The molecule has 1 aromatic carbocycles. The van der Waals surface area contributed by atoms with E-state index in [2.05, 4.69) is 37.8 Å². The number of fused-ring (bicyclic) bond motifs is 1. The number of amides is 1. The number of pyridine rings is 1. The van der Waals surface area contributed by atoms with Gasteiger partial charge in [0.2, 0.25) is 11.8 Å². The Hall–Kier alpha value is -3.52. The topological polar surface area (TPSA) is 97.9 Å². The van der Waals surface area contributed by atoms with Gasteiger partial charge >= 0.3 is 0 Å². The van der Waals surface area contributed by atoms with E-state index in [0.29, 0.717) is 11.6 Å². The van der Waals surface area contributed by atoms with E-state index in [1.54, 1.807) is 10.9 Å². The van der Waals surface area contributed by atoms with Crippen LogP contribution in [0.3, 0.4) is 0 Å². The number of rotatable bonds is 5. The Bertz CT molecular complexity index is 1190. The second kappa shape index (κ2) is 8.31. The quantitative estimate of drug-likeness (QED) is 0.519. The number of hydrogen-bond donors (Lipinski definition) is 2. The number of nitrogens with zero attached hydrogens (tertiary/aromatic N) is 4. The highest BCUT2D eigenvalue weighted by Gasteiger charge is 2.27. The number of carbonyl (C=O) groups is 1. The third kappa shape index (κ3) is 4.06. The Balaban J connectivity index is 1.49. The van der Waals surface area contributed by atoms with Crippen molar-refractivity contribution in [1.29, 1.82) is 0 Å². The Morgan fingerprint density at radius 2 is 2.03 bits per heavy atom. The van der Waals surface area contributed by atoms with Crippen LogP contribution in [0.4, 0.5) is 0 Å². The first kappa shape index (κ1) is 19.4. The molecule has 4 aromatic rings. The summed E-state index contributed by atoms with van der Waals surface area (Å²) in [4.78, 5) is 21.9. The number of benzene rings is 1. The van der Waals surface area contributed by atoms with Crippen LogP contribution in [0.5, 0.6) is 0 Å². The van der Waals surface area contributed by atoms with E-state index in [1.807, 2.05) is 37.8 Å². The molecule has 1 saturated heterocycles. The molecule has 5 rings (SSSR count). The van der Waals surface area contributed by atoms with Crippen molar-refractivity contribution >= 4 is 16.7 Å². The van der Waals surface area contributed by atoms with E-state index >= 15 is 0 Å². The molecule has 1 fully saturated rings. The molecule has 8 heteroatoms. The summed E-state index contributed by atoms with van der Waals surface area (Å²) in [5.41, 5.74) is 2.82. The Morgan fingerprint density at radius 3 is 2.77 bits per heavy atom. The third-order valence-electron chi connectivity index (χ3n) is 5.77. The largest absolute Gasteiger partial charge is 0.446 e. The first-order valence-electron chi connectivity index (χ1n) is 10.5. The van der Waals surface area contributed by atoms with Gasteiger partial charge in [-0.2, -0.15) is 5.10 Å². The van der Waals surface area contributed by atoms with Crippen molar-refractivity contribution in [3.8, 4) is 11.1 Å². The van der Waals surface area contributed by atoms with Gasteiger partial charge in [-0.25, -0.2) is 4.98 Å². The maximum Gasteiger partial charge on any atom is 0.224 e. The number of aryl methyl sites for hydroxylation is 1. The molecule has 1 aliphatic heterocycles. The molecule has 8 nitrogen and oxygen atoms in total. The molecule has 1 aliphatic rings. The lowest BCUT2D eigenvalue weighted by Gasteiger charge is -2.24. The molecule has 1 amide bonds. The summed E-state index contributed by atoms with van der Waals surface area (Å²) in [5, 5.41) is 12.7. The first-order valence-corrected chi connectivity index (χ1v) is 10.5. The van der Waals surface area contributed by atoms with E-state index in [9.17, 15) is 4.79 Å². The van der Waals surface area contributed by atoms with Crippen LogP contribution in [0, 0.1) is 5.92 Å². The molecule has 158 valence electrons. The average Bonchev–Trinajstić information content (AvgIpc) is 3.49. The van der Waals surface area contributed by atoms with Gasteiger partial charge in [-0.15, -0.1) is 0 Å². The average molecular weight is 416 g/mol. The summed E-state index contributed by atoms with van der Waals surface area (Å²) in [7, 11) is 1.90. The fourth-order valence-corrected chi connectivity index (χ4v) is 4.05. The number of nitrogens with one attached hydrogen (secondary N) is 2. The highest BCUT2D eigenvalue weighted by Crippen LogP contribution is 2.27. The summed E-state index contributed by atoms with van der Waals surface area (Å²) in [6.07, 6.45) is 10.4. The van der Waals surface area contributed by atoms with E-state index in [-0.39, 0.29) is 11.8 Å². The van der Waals surface area contributed by atoms with Crippen molar-refractivity contribution in [2.45, 2.75) is 18.9 Å². The van der Waals surface area contributed by atoms with Crippen LogP contribution in [0.1, 0.15) is 30.5 Å². The van der Waals surface area contributed by atoms with Gasteiger partial charge in [0.1, 0.15) is 12.3 Å². The number of oxazole rings is 1. The lowest BCUT2D eigenvalue weighted by molar-refractivity contribution is -0.126.